The number of hydrogen-bond acceptors (Lipinski definition) is 2. The highest BCUT2D eigenvalue weighted by atomic mass is 16.2. The second-order valence-electron chi connectivity index (χ2n) is 7.57. The van der Waals surface area contributed by atoms with E-state index >= 15 is 0 Å². The molecule has 0 aliphatic heterocycles. The average Bonchev–Trinajstić information content (AvgIpc) is 3.04. The van der Waals surface area contributed by atoms with E-state index in [1.54, 1.807) is 0 Å². The highest BCUT2D eigenvalue weighted by Gasteiger charge is 2.26. The number of aliphatic hydroxyl groups is 1. The number of unbranched alkanes of at least 4 members (excludes halogenated alkanes) is 1. The molecule has 1 heterocycles. The number of para-hydroxylation sites is 1. The summed E-state index contributed by atoms with van der Waals surface area (Å²) in [6.07, 6.45) is 2.78. The summed E-state index contributed by atoms with van der Waals surface area (Å²) in [5.74, 6) is 0.331. The minimum Gasteiger partial charge on any atom is -0.396 e. The van der Waals surface area contributed by atoms with Crippen LogP contribution in [-0.2, 0) is 0 Å². The molecular formula is C24H29NO2. The maximum Gasteiger partial charge on any atom is 0.195 e. The Bertz CT molecular complexity index is 909. The van der Waals surface area contributed by atoms with Gasteiger partial charge in [0, 0.05) is 34.8 Å². The molecule has 1 atom stereocenters. The molecule has 0 saturated heterocycles. The smallest absolute Gasteiger partial charge is 0.195 e. The molecule has 2 aromatic carbocycles. The molecule has 3 rings (SSSR count). The molecule has 3 heteroatoms. The predicted octanol–water partition coefficient (Wildman–Crippen LogP) is 5.72. The molecule has 0 amide bonds. The maximum atomic E-state index is 13.4. The number of rotatable bonds is 8. The van der Waals surface area contributed by atoms with Crippen molar-refractivity contribution < 1.29 is 9.90 Å². The summed E-state index contributed by atoms with van der Waals surface area (Å²) in [6, 6.07) is 18.1. The number of carbonyl (C=O) groups is 1. The SMILES string of the molecule is CC(C)c1c(C(=O)c2ccccc2)c2ccccc2n1C(C)CCCCO. The Labute approximate surface area is 161 Å². The first-order valence-corrected chi connectivity index (χ1v) is 9.89. The molecule has 0 radical (unpaired) electrons. The normalized spacial score (nSPS) is 12.6. The quantitative estimate of drug-likeness (QED) is 0.411. The van der Waals surface area contributed by atoms with Crippen LogP contribution in [0.2, 0.25) is 0 Å². The van der Waals surface area contributed by atoms with Gasteiger partial charge in [0.05, 0.1) is 5.56 Å². The fraction of sp³-hybridized carbons (Fsp3) is 0.375. The van der Waals surface area contributed by atoms with Crippen LogP contribution in [0.4, 0.5) is 0 Å². The van der Waals surface area contributed by atoms with E-state index in [2.05, 4.69) is 37.5 Å². The maximum absolute atomic E-state index is 13.4. The molecule has 0 bridgehead atoms. The Morgan fingerprint density at radius 1 is 0.963 bits per heavy atom. The number of benzene rings is 2. The van der Waals surface area contributed by atoms with Gasteiger partial charge in [-0.3, -0.25) is 4.79 Å². The number of nitrogens with zero attached hydrogens (tertiary/aromatic N) is 1. The van der Waals surface area contributed by atoms with Gasteiger partial charge >= 0.3 is 0 Å². The second kappa shape index (κ2) is 8.53. The van der Waals surface area contributed by atoms with Crippen LogP contribution in [0.1, 0.15) is 73.6 Å². The van der Waals surface area contributed by atoms with Crippen LogP contribution in [0.5, 0.6) is 0 Å². The minimum atomic E-state index is 0.0943. The lowest BCUT2D eigenvalue weighted by Gasteiger charge is -2.21. The summed E-state index contributed by atoms with van der Waals surface area (Å²) in [5, 5.41) is 10.1. The van der Waals surface area contributed by atoms with Crippen molar-refractivity contribution in [2.45, 2.75) is 52.0 Å². The van der Waals surface area contributed by atoms with Crippen LogP contribution in [0.15, 0.2) is 54.6 Å². The molecule has 0 spiro atoms. The summed E-state index contributed by atoms with van der Waals surface area (Å²) in [7, 11) is 0. The van der Waals surface area contributed by atoms with Gasteiger partial charge in [0.2, 0.25) is 0 Å². The zero-order chi connectivity index (χ0) is 19.4. The third-order valence-electron chi connectivity index (χ3n) is 5.23. The van der Waals surface area contributed by atoms with Gasteiger partial charge in [-0.05, 0) is 38.2 Å². The van der Waals surface area contributed by atoms with Crippen LogP contribution in [0, 0.1) is 0 Å². The summed E-state index contributed by atoms with van der Waals surface area (Å²) in [4.78, 5) is 13.4. The van der Waals surface area contributed by atoms with Gasteiger partial charge in [-0.15, -0.1) is 0 Å². The number of fused-ring (bicyclic) bond motifs is 1. The van der Waals surface area contributed by atoms with Gasteiger partial charge in [-0.25, -0.2) is 0 Å². The fourth-order valence-electron chi connectivity index (χ4n) is 3.98. The second-order valence-corrected chi connectivity index (χ2v) is 7.57. The van der Waals surface area contributed by atoms with Crippen molar-refractivity contribution in [1.29, 1.82) is 0 Å². The molecule has 1 unspecified atom stereocenters. The first-order chi connectivity index (χ1) is 13.1. The molecule has 3 aromatic rings. The zero-order valence-electron chi connectivity index (χ0n) is 16.5. The highest BCUT2D eigenvalue weighted by molar-refractivity contribution is 6.17. The molecule has 27 heavy (non-hydrogen) atoms. The lowest BCUT2D eigenvalue weighted by atomic mass is 9.95. The van der Waals surface area contributed by atoms with E-state index in [0.29, 0.717) is 0 Å². The summed E-state index contributed by atoms with van der Waals surface area (Å²) in [5.41, 5.74) is 3.80. The largest absolute Gasteiger partial charge is 0.396 e. The summed E-state index contributed by atoms with van der Waals surface area (Å²) < 4.78 is 2.35. The number of hydrogen-bond donors (Lipinski definition) is 1. The molecule has 0 fully saturated rings. The van der Waals surface area contributed by atoms with Gasteiger partial charge in [-0.1, -0.05) is 62.4 Å². The molecule has 3 nitrogen and oxygen atoms in total. The Morgan fingerprint density at radius 3 is 2.30 bits per heavy atom. The van der Waals surface area contributed by atoms with E-state index < -0.39 is 0 Å². The van der Waals surface area contributed by atoms with Gasteiger partial charge < -0.3 is 9.67 Å². The van der Waals surface area contributed by atoms with Crippen molar-refractivity contribution in [3.63, 3.8) is 0 Å². The van der Waals surface area contributed by atoms with E-state index in [0.717, 1.165) is 47.0 Å². The lowest BCUT2D eigenvalue weighted by molar-refractivity contribution is 0.103. The standard InChI is InChI=1S/C24H29NO2/c1-17(2)23-22(24(27)19-12-5-4-6-13-19)20-14-7-8-15-21(20)25(23)18(3)11-9-10-16-26/h4-8,12-15,17-18,26H,9-11,16H2,1-3H3. The van der Waals surface area contributed by atoms with Crippen molar-refractivity contribution in [1.82, 2.24) is 4.57 Å². The lowest BCUT2D eigenvalue weighted by Crippen LogP contribution is -2.13. The summed E-state index contributed by atoms with van der Waals surface area (Å²) in [6.45, 7) is 6.76. The Kier molecular flexibility index (Phi) is 6.12. The van der Waals surface area contributed by atoms with Crippen LogP contribution >= 0.6 is 0 Å². The van der Waals surface area contributed by atoms with Crippen molar-refractivity contribution >= 4 is 16.7 Å². The predicted molar refractivity (Wildman–Crippen MR) is 112 cm³/mol. The first kappa shape index (κ1) is 19.4. The van der Waals surface area contributed by atoms with Crippen LogP contribution in [-0.4, -0.2) is 22.1 Å². The van der Waals surface area contributed by atoms with Crippen LogP contribution < -0.4 is 0 Å². The van der Waals surface area contributed by atoms with Gasteiger partial charge in [0.25, 0.3) is 0 Å². The van der Waals surface area contributed by atoms with E-state index in [1.165, 1.54) is 0 Å². The van der Waals surface area contributed by atoms with Gasteiger partial charge in [0.1, 0.15) is 0 Å². The van der Waals surface area contributed by atoms with Crippen molar-refractivity contribution in [3.05, 3.63) is 71.4 Å². The Balaban J connectivity index is 2.18. The van der Waals surface area contributed by atoms with Gasteiger partial charge in [0.15, 0.2) is 5.78 Å². The monoisotopic (exact) mass is 363 g/mol. The minimum absolute atomic E-state index is 0.0943. The molecule has 0 saturated carbocycles. The Hall–Kier alpha value is -2.39. The third kappa shape index (κ3) is 3.84. The average molecular weight is 364 g/mol. The van der Waals surface area contributed by atoms with E-state index in [9.17, 15) is 4.79 Å². The van der Waals surface area contributed by atoms with Gasteiger partial charge in [-0.2, -0.15) is 0 Å². The van der Waals surface area contributed by atoms with E-state index in [4.69, 9.17) is 5.11 Å². The van der Waals surface area contributed by atoms with E-state index in [1.807, 2.05) is 42.5 Å². The fourth-order valence-corrected chi connectivity index (χ4v) is 3.98. The topological polar surface area (TPSA) is 42.2 Å². The van der Waals surface area contributed by atoms with Crippen molar-refractivity contribution in [2.24, 2.45) is 0 Å². The van der Waals surface area contributed by atoms with E-state index in [-0.39, 0.29) is 24.3 Å². The zero-order valence-corrected chi connectivity index (χ0v) is 16.5. The first-order valence-electron chi connectivity index (χ1n) is 9.89. The highest BCUT2D eigenvalue weighted by Crippen LogP contribution is 2.36. The Morgan fingerprint density at radius 2 is 1.63 bits per heavy atom. The third-order valence-corrected chi connectivity index (χ3v) is 5.23. The van der Waals surface area contributed by atoms with Crippen molar-refractivity contribution in [3.8, 4) is 0 Å². The molecule has 0 aliphatic rings. The molecule has 0 aliphatic carbocycles. The van der Waals surface area contributed by atoms with Crippen molar-refractivity contribution in [2.75, 3.05) is 6.61 Å². The number of carbonyl (C=O) groups excluding carboxylic acids is 1. The molecular weight excluding hydrogens is 334 g/mol. The van der Waals surface area contributed by atoms with Crippen LogP contribution in [0.25, 0.3) is 10.9 Å². The molecule has 1 aromatic heterocycles. The number of aliphatic hydroxyl groups excluding tert-OH is 1. The molecule has 142 valence electrons. The van der Waals surface area contributed by atoms with Crippen LogP contribution in [0.3, 0.4) is 0 Å². The number of ketones is 1. The molecule has 1 N–H and O–H groups in total. The summed E-state index contributed by atoms with van der Waals surface area (Å²) >= 11 is 0. The number of aromatic nitrogens is 1.